The maximum atomic E-state index is 12.4. The predicted octanol–water partition coefficient (Wildman–Crippen LogP) is 0.900. The Morgan fingerprint density at radius 3 is 2.92 bits per heavy atom. The molecule has 1 N–H and O–H groups in total. The van der Waals surface area contributed by atoms with E-state index < -0.39 is 11.8 Å². The van der Waals surface area contributed by atoms with E-state index >= 15 is 0 Å². The molecule has 0 aliphatic carbocycles. The highest BCUT2D eigenvalue weighted by Gasteiger charge is 2.10. The van der Waals surface area contributed by atoms with Gasteiger partial charge in [0.1, 0.15) is 5.82 Å². The van der Waals surface area contributed by atoms with Gasteiger partial charge in [-0.2, -0.15) is 0 Å². The van der Waals surface area contributed by atoms with E-state index in [-0.39, 0.29) is 11.3 Å². The average Bonchev–Trinajstić information content (AvgIpc) is 2.03. The summed E-state index contributed by atoms with van der Waals surface area (Å²) in [5.74, 6) is 0.128. The Morgan fingerprint density at radius 1 is 1.75 bits per heavy atom. The highest BCUT2D eigenvalue weighted by Crippen LogP contribution is 2.06. The number of hydrogen-bond donors (Lipinski definition) is 1. The number of nitrogens with zero attached hydrogens (tertiary/aromatic N) is 1. The van der Waals surface area contributed by atoms with Crippen LogP contribution in [0.1, 0.15) is 16.1 Å². The maximum Gasteiger partial charge on any atom is 0.355 e. The molecule has 1 heterocycles. The van der Waals surface area contributed by atoms with Crippen LogP contribution in [-0.4, -0.2) is 16.1 Å². The Balaban J connectivity index is 3.32. The van der Waals surface area contributed by atoms with E-state index in [1.54, 1.807) is 0 Å². The molecule has 1 aromatic rings. The summed E-state index contributed by atoms with van der Waals surface area (Å²) in [5, 5.41) is 8.51. The van der Waals surface area contributed by atoms with Crippen LogP contribution in [0, 0.1) is 18.2 Å². The average molecular weight is 165 g/mol. The first-order valence-corrected chi connectivity index (χ1v) is 3.00. The molecule has 0 bridgehead atoms. The van der Waals surface area contributed by atoms with Gasteiger partial charge in [0, 0.05) is 0 Å². The Labute approximate surface area is 67.9 Å². The van der Waals surface area contributed by atoms with Crippen LogP contribution in [0.4, 0.5) is 4.39 Å². The molecule has 0 fully saturated rings. The van der Waals surface area contributed by atoms with Crippen molar-refractivity contribution in [3.05, 3.63) is 29.3 Å². The van der Waals surface area contributed by atoms with Crippen LogP contribution >= 0.6 is 0 Å². The van der Waals surface area contributed by atoms with Gasteiger partial charge in [-0.25, -0.2) is 14.2 Å². The number of aromatic carboxylic acids is 1. The number of hydrogen-bond acceptors (Lipinski definition) is 2. The Hall–Kier alpha value is -1.89. The topological polar surface area (TPSA) is 50.2 Å². The zero-order chi connectivity index (χ0) is 9.14. The van der Waals surface area contributed by atoms with E-state index in [0.29, 0.717) is 0 Å². The second-order valence-electron chi connectivity index (χ2n) is 2.00. The predicted molar refractivity (Wildman–Crippen MR) is 39.1 cm³/mol. The monoisotopic (exact) mass is 165 g/mol. The van der Waals surface area contributed by atoms with Crippen molar-refractivity contribution < 1.29 is 14.3 Å². The number of pyridine rings is 1. The highest BCUT2D eigenvalue weighted by molar-refractivity contribution is 5.88. The van der Waals surface area contributed by atoms with Crippen LogP contribution in [0.2, 0.25) is 0 Å². The normalized spacial score (nSPS) is 9.00. The molecule has 1 rings (SSSR count). The van der Waals surface area contributed by atoms with Crippen LogP contribution in [-0.2, 0) is 0 Å². The fraction of sp³-hybridized carbons (Fsp3) is 0. The minimum Gasteiger partial charge on any atom is -0.476 e. The van der Waals surface area contributed by atoms with Crippen LogP contribution in [0.3, 0.4) is 0 Å². The second-order valence-corrected chi connectivity index (χ2v) is 2.00. The minimum atomic E-state index is -1.26. The number of carbonyl (C=O) groups is 1. The fourth-order valence-corrected chi connectivity index (χ4v) is 0.720. The largest absolute Gasteiger partial charge is 0.476 e. The lowest BCUT2D eigenvalue weighted by molar-refractivity contribution is 0.0690. The summed E-state index contributed by atoms with van der Waals surface area (Å²) < 4.78 is 12.4. The lowest BCUT2D eigenvalue weighted by Crippen LogP contribution is -2.03. The molecule has 0 radical (unpaired) electrons. The second kappa shape index (κ2) is 3.01. The molecule has 3 nitrogen and oxygen atoms in total. The molecule has 1 aromatic heterocycles. The molecule has 0 saturated heterocycles. The van der Waals surface area contributed by atoms with Crippen molar-refractivity contribution in [2.75, 3.05) is 0 Å². The first-order valence-electron chi connectivity index (χ1n) is 3.00. The first kappa shape index (κ1) is 8.21. The molecule has 0 aliphatic rings. The fourth-order valence-electron chi connectivity index (χ4n) is 0.720. The van der Waals surface area contributed by atoms with E-state index in [1.807, 2.05) is 5.92 Å². The summed E-state index contributed by atoms with van der Waals surface area (Å²) in [7, 11) is 0. The van der Waals surface area contributed by atoms with Crippen molar-refractivity contribution in [2.24, 2.45) is 0 Å². The molecule has 0 aliphatic heterocycles. The molecule has 0 saturated carbocycles. The molecule has 0 spiro atoms. The van der Waals surface area contributed by atoms with Gasteiger partial charge in [0.05, 0.1) is 11.8 Å². The zero-order valence-electron chi connectivity index (χ0n) is 5.91. The Bertz CT molecular complexity index is 368. The van der Waals surface area contributed by atoms with Crippen molar-refractivity contribution >= 4 is 5.97 Å². The molecule has 0 amide bonds. The maximum absolute atomic E-state index is 12.4. The molecular weight excluding hydrogens is 161 g/mol. The van der Waals surface area contributed by atoms with Gasteiger partial charge in [-0.05, 0) is 6.07 Å². The van der Waals surface area contributed by atoms with Gasteiger partial charge >= 0.3 is 5.97 Å². The quantitative estimate of drug-likeness (QED) is 0.629. The van der Waals surface area contributed by atoms with E-state index in [1.165, 1.54) is 0 Å². The van der Waals surface area contributed by atoms with Crippen LogP contribution in [0.25, 0.3) is 0 Å². The molecule has 0 aromatic carbocycles. The van der Waals surface area contributed by atoms with E-state index in [2.05, 4.69) is 4.98 Å². The molecule has 4 heteroatoms. The summed E-state index contributed by atoms with van der Waals surface area (Å²) >= 11 is 0. The summed E-state index contributed by atoms with van der Waals surface area (Å²) in [4.78, 5) is 13.7. The van der Waals surface area contributed by atoms with E-state index in [0.717, 1.165) is 12.3 Å². The van der Waals surface area contributed by atoms with Crippen LogP contribution < -0.4 is 0 Å². The SMILES string of the molecule is C#Cc1cc(F)cnc1C(=O)O. The number of rotatable bonds is 1. The number of aromatic nitrogens is 1. The first-order chi connectivity index (χ1) is 5.65. The third-order valence-electron chi connectivity index (χ3n) is 1.21. The smallest absolute Gasteiger partial charge is 0.355 e. The van der Waals surface area contributed by atoms with Gasteiger partial charge in [0.2, 0.25) is 0 Å². The Morgan fingerprint density at radius 2 is 2.42 bits per heavy atom. The van der Waals surface area contributed by atoms with Crippen LogP contribution in [0.15, 0.2) is 12.3 Å². The lowest BCUT2D eigenvalue weighted by Gasteiger charge is -1.96. The number of carboxylic acids is 1. The van der Waals surface area contributed by atoms with Crippen molar-refractivity contribution in [1.82, 2.24) is 4.98 Å². The van der Waals surface area contributed by atoms with Crippen molar-refractivity contribution in [3.8, 4) is 12.3 Å². The summed E-state index contributed by atoms with van der Waals surface area (Å²) in [6.07, 6.45) is 5.75. The van der Waals surface area contributed by atoms with Crippen molar-refractivity contribution in [1.29, 1.82) is 0 Å². The lowest BCUT2D eigenvalue weighted by atomic mass is 10.2. The van der Waals surface area contributed by atoms with Gasteiger partial charge in [-0.15, -0.1) is 6.42 Å². The zero-order valence-corrected chi connectivity index (χ0v) is 5.91. The summed E-state index contributed by atoms with van der Waals surface area (Å²) in [5.41, 5.74) is -0.360. The van der Waals surface area contributed by atoms with Gasteiger partial charge < -0.3 is 5.11 Å². The standard InChI is InChI=1S/C8H4FNO2/c1-2-5-3-6(9)4-10-7(5)8(11)12/h1,3-4H,(H,11,12). The minimum absolute atomic E-state index is 0.0532. The summed E-state index contributed by atoms with van der Waals surface area (Å²) in [6.45, 7) is 0. The molecular formula is C8H4FNO2. The number of terminal acetylenes is 1. The van der Waals surface area contributed by atoms with E-state index in [9.17, 15) is 9.18 Å². The molecule has 12 heavy (non-hydrogen) atoms. The van der Waals surface area contributed by atoms with Gasteiger partial charge in [0.15, 0.2) is 5.69 Å². The summed E-state index contributed by atoms with van der Waals surface area (Å²) in [6, 6.07) is 0.955. The molecule has 0 atom stereocenters. The number of halogens is 1. The third kappa shape index (κ3) is 1.40. The van der Waals surface area contributed by atoms with E-state index in [4.69, 9.17) is 11.5 Å². The van der Waals surface area contributed by atoms with Crippen molar-refractivity contribution in [3.63, 3.8) is 0 Å². The van der Waals surface area contributed by atoms with Gasteiger partial charge in [0.25, 0.3) is 0 Å². The molecule has 0 unspecified atom stereocenters. The Kier molecular flexibility index (Phi) is 2.06. The van der Waals surface area contributed by atoms with Crippen molar-refractivity contribution in [2.45, 2.75) is 0 Å². The molecule has 60 valence electrons. The number of carboxylic acid groups (broad SMARTS) is 1. The third-order valence-corrected chi connectivity index (χ3v) is 1.21. The van der Waals surface area contributed by atoms with Crippen LogP contribution in [0.5, 0.6) is 0 Å². The highest BCUT2D eigenvalue weighted by atomic mass is 19.1. The van der Waals surface area contributed by atoms with Gasteiger partial charge in [-0.1, -0.05) is 5.92 Å². The van der Waals surface area contributed by atoms with Gasteiger partial charge in [-0.3, -0.25) is 0 Å².